The van der Waals surface area contributed by atoms with Crippen molar-refractivity contribution in [1.82, 2.24) is 4.98 Å². The molecule has 1 aromatic heterocycles. The van der Waals surface area contributed by atoms with Crippen molar-refractivity contribution >= 4 is 39.8 Å². The number of hydrogen-bond donors (Lipinski definition) is 1. The monoisotopic (exact) mass is 316 g/mol. The minimum Gasteiger partial charge on any atom is -0.378 e. The lowest BCUT2D eigenvalue weighted by atomic mass is 10.1. The summed E-state index contributed by atoms with van der Waals surface area (Å²) in [6, 6.07) is 15.7. The van der Waals surface area contributed by atoms with E-state index in [-0.39, 0.29) is 6.04 Å². The lowest BCUT2D eigenvalue weighted by Crippen LogP contribution is -2.07. The fourth-order valence-corrected chi connectivity index (χ4v) is 2.70. The molecule has 2 nitrogen and oxygen atoms in total. The van der Waals surface area contributed by atoms with E-state index in [2.05, 4.69) is 23.3 Å². The van der Waals surface area contributed by atoms with Crippen molar-refractivity contribution in [1.29, 1.82) is 0 Å². The summed E-state index contributed by atoms with van der Waals surface area (Å²) in [6.45, 7) is 2.11. The van der Waals surface area contributed by atoms with Crippen LogP contribution in [0.2, 0.25) is 10.0 Å². The number of benzene rings is 2. The summed E-state index contributed by atoms with van der Waals surface area (Å²) in [4.78, 5) is 4.35. The smallest absolute Gasteiger partial charge is 0.0737 e. The molecule has 106 valence electrons. The Morgan fingerprint density at radius 1 is 1.00 bits per heavy atom. The fourth-order valence-electron chi connectivity index (χ4n) is 2.34. The van der Waals surface area contributed by atoms with Crippen molar-refractivity contribution in [2.24, 2.45) is 0 Å². The van der Waals surface area contributed by atoms with Crippen LogP contribution in [0.15, 0.2) is 54.7 Å². The van der Waals surface area contributed by atoms with Gasteiger partial charge in [-0.05, 0) is 48.9 Å². The van der Waals surface area contributed by atoms with Crippen molar-refractivity contribution in [3.05, 3.63) is 70.3 Å². The number of nitrogens with one attached hydrogen (secondary N) is 1. The molecule has 0 amide bonds. The molecule has 0 spiro atoms. The summed E-state index contributed by atoms with van der Waals surface area (Å²) < 4.78 is 0. The van der Waals surface area contributed by atoms with Gasteiger partial charge in [-0.15, -0.1) is 0 Å². The summed E-state index contributed by atoms with van der Waals surface area (Å²) in [6.07, 6.45) is 1.78. The third-order valence-electron chi connectivity index (χ3n) is 3.43. The third-order valence-corrected chi connectivity index (χ3v) is 3.90. The van der Waals surface area contributed by atoms with E-state index in [0.29, 0.717) is 5.02 Å². The highest BCUT2D eigenvalue weighted by atomic mass is 35.5. The maximum atomic E-state index is 6.05. The van der Waals surface area contributed by atoms with E-state index in [1.54, 1.807) is 6.20 Å². The van der Waals surface area contributed by atoms with Crippen molar-refractivity contribution < 1.29 is 0 Å². The average molecular weight is 317 g/mol. The number of aromatic nitrogens is 1. The van der Waals surface area contributed by atoms with E-state index >= 15 is 0 Å². The standard InChI is InChI=1S/C17H14Cl2N2/c1-11(12-3-2-4-13(18)9-12)21-16-7-8-20-17-10-14(19)5-6-15(16)17/h2-11H,1H3,(H,20,21). The maximum absolute atomic E-state index is 6.05. The number of anilines is 1. The number of hydrogen-bond acceptors (Lipinski definition) is 2. The molecule has 0 bridgehead atoms. The number of nitrogens with zero attached hydrogens (tertiary/aromatic N) is 1. The van der Waals surface area contributed by atoms with Crippen LogP contribution in [0.3, 0.4) is 0 Å². The Kier molecular flexibility index (Phi) is 4.00. The molecule has 0 fully saturated rings. The van der Waals surface area contributed by atoms with Crippen molar-refractivity contribution in [3.63, 3.8) is 0 Å². The zero-order chi connectivity index (χ0) is 14.8. The van der Waals surface area contributed by atoms with Crippen LogP contribution in [0.5, 0.6) is 0 Å². The van der Waals surface area contributed by atoms with Gasteiger partial charge in [-0.1, -0.05) is 35.3 Å². The molecule has 1 heterocycles. The Morgan fingerprint density at radius 3 is 2.62 bits per heavy atom. The highest BCUT2D eigenvalue weighted by Gasteiger charge is 2.08. The molecule has 1 atom stereocenters. The highest BCUT2D eigenvalue weighted by molar-refractivity contribution is 6.31. The molecule has 4 heteroatoms. The van der Waals surface area contributed by atoms with Gasteiger partial charge in [0.15, 0.2) is 0 Å². The number of halogens is 2. The molecule has 1 unspecified atom stereocenters. The van der Waals surface area contributed by atoms with Gasteiger partial charge in [0.2, 0.25) is 0 Å². The zero-order valence-corrected chi connectivity index (χ0v) is 13.0. The van der Waals surface area contributed by atoms with E-state index in [9.17, 15) is 0 Å². The SMILES string of the molecule is CC(Nc1ccnc2cc(Cl)ccc12)c1cccc(Cl)c1. The average Bonchev–Trinajstić information content (AvgIpc) is 2.47. The van der Waals surface area contributed by atoms with Crippen LogP contribution in [-0.2, 0) is 0 Å². The van der Waals surface area contributed by atoms with Crippen LogP contribution >= 0.6 is 23.2 Å². The van der Waals surface area contributed by atoms with E-state index in [1.165, 1.54) is 0 Å². The van der Waals surface area contributed by atoms with Gasteiger partial charge in [-0.2, -0.15) is 0 Å². The van der Waals surface area contributed by atoms with Crippen LogP contribution in [-0.4, -0.2) is 4.98 Å². The highest BCUT2D eigenvalue weighted by Crippen LogP contribution is 2.28. The Morgan fingerprint density at radius 2 is 1.81 bits per heavy atom. The topological polar surface area (TPSA) is 24.9 Å². The second kappa shape index (κ2) is 5.92. The number of fused-ring (bicyclic) bond motifs is 1. The second-order valence-electron chi connectivity index (χ2n) is 4.94. The Hall–Kier alpha value is -1.77. The van der Waals surface area contributed by atoms with Crippen molar-refractivity contribution in [2.75, 3.05) is 5.32 Å². The zero-order valence-electron chi connectivity index (χ0n) is 11.5. The van der Waals surface area contributed by atoms with Crippen molar-refractivity contribution in [2.45, 2.75) is 13.0 Å². The molecule has 0 saturated heterocycles. The summed E-state index contributed by atoms with van der Waals surface area (Å²) in [5, 5.41) is 5.99. The molecule has 0 aliphatic rings. The molecular formula is C17H14Cl2N2. The van der Waals surface area contributed by atoms with Gasteiger partial charge < -0.3 is 5.32 Å². The summed E-state index contributed by atoms with van der Waals surface area (Å²) >= 11 is 12.1. The first-order valence-corrected chi connectivity index (χ1v) is 7.45. The minimum absolute atomic E-state index is 0.143. The van der Waals surface area contributed by atoms with Crippen molar-refractivity contribution in [3.8, 4) is 0 Å². The lowest BCUT2D eigenvalue weighted by Gasteiger charge is -2.17. The normalized spacial score (nSPS) is 12.3. The van der Waals surface area contributed by atoms with Crippen LogP contribution in [0.1, 0.15) is 18.5 Å². The van der Waals surface area contributed by atoms with Gasteiger partial charge in [-0.25, -0.2) is 0 Å². The Bertz CT molecular complexity index is 787. The summed E-state index contributed by atoms with van der Waals surface area (Å²) in [5.41, 5.74) is 3.05. The fraction of sp³-hybridized carbons (Fsp3) is 0.118. The Labute approximate surface area is 133 Å². The van der Waals surface area contributed by atoms with Gasteiger partial charge in [0.25, 0.3) is 0 Å². The second-order valence-corrected chi connectivity index (χ2v) is 5.81. The first-order valence-electron chi connectivity index (χ1n) is 6.70. The largest absolute Gasteiger partial charge is 0.378 e. The molecule has 2 aromatic carbocycles. The third kappa shape index (κ3) is 3.12. The van der Waals surface area contributed by atoms with Gasteiger partial charge in [0, 0.05) is 33.4 Å². The van der Waals surface area contributed by atoms with Gasteiger partial charge >= 0.3 is 0 Å². The molecule has 21 heavy (non-hydrogen) atoms. The summed E-state index contributed by atoms with van der Waals surface area (Å²) in [7, 11) is 0. The van der Waals surface area contributed by atoms with Crippen LogP contribution < -0.4 is 5.32 Å². The van der Waals surface area contributed by atoms with E-state index < -0.39 is 0 Å². The Balaban J connectivity index is 1.94. The molecule has 0 aliphatic carbocycles. The van der Waals surface area contributed by atoms with E-state index in [4.69, 9.17) is 23.2 Å². The van der Waals surface area contributed by atoms with Gasteiger partial charge in [0.1, 0.15) is 0 Å². The van der Waals surface area contributed by atoms with Crippen LogP contribution in [0, 0.1) is 0 Å². The molecule has 1 N–H and O–H groups in total. The first kappa shape index (κ1) is 14.2. The summed E-state index contributed by atoms with van der Waals surface area (Å²) in [5.74, 6) is 0. The first-order chi connectivity index (χ1) is 10.1. The van der Waals surface area contributed by atoms with Gasteiger partial charge in [-0.3, -0.25) is 4.98 Å². The van der Waals surface area contributed by atoms with E-state index in [1.807, 2.05) is 42.5 Å². The number of pyridine rings is 1. The van der Waals surface area contributed by atoms with Crippen LogP contribution in [0.4, 0.5) is 5.69 Å². The minimum atomic E-state index is 0.143. The quantitative estimate of drug-likeness (QED) is 0.669. The predicted molar refractivity (Wildman–Crippen MR) is 90.2 cm³/mol. The molecule has 3 aromatic rings. The van der Waals surface area contributed by atoms with E-state index in [0.717, 1.165) is 27.2 Å². The molecule has 0 radical (unpaired) electrons. The molecule has 3 rings (SSSR count). The predicted octanol–water partition coefficient (Wildman–Crippen LogP) is 5.71. The molecule has 0 saturated carbocycles. The van der Waals surface area contributed by atoms with Gasteiger partial charge in [0.05, 0.1) is 5.52 Å². The molecule has 0 aliphatic heterocycles. The number of rotatable bonds is 3. The maximum Gasteiger partial charge on any atom is 0.0737 e. The lowest BCUT2D eigenvalue weighted by molar-refractivity contribution is 0.886. The van der Waals surface area contributed by atoms with Crippen LogP contribution in [0.25, 0.3) is 10.9 Å². The molecular weight excluding hydrogens is 303 g/mol.